The van der Waals surface area contributed by atoms with Crippen LogP contribution in [0, 0.1) is 0 Å². The molecule has 0 aliphatic rings. The van der Waals surface area contributed by atoms with Crippen molar-refractivity contribution >= 4 is 17.9 Å². The highest BCUT2D eigenvalue weighted by Gasteiger charge is 2.25. The normalized spacial score (nSPS) is 14.2. The van der Waals surface area contributed by atoms with Crippen LogP contribution < -0.4 is 5.11 Å². The van der Waals surface area contributed by atoms with E-state index in [2.05, 4.69) is 92.8 Å². The quantitative estimate of drug-likeness (QED) is 0.0204. The molecule has 0 saturated heterocycles. The van der Waals surface area contributed by atoms with Gasteiger partial charge in [0.2, 0.25) is 0 Å². The third-order valence-electron chi connectivity index (χ3n) is 8.70. The lowest BCUT2D eigenvalue weighted by molar-refractivity contribution is -0.889. The molecule has 0 aliphatic carbocycles. The number of nitrogens with zero attached hydrogens (tertiary/aromatic N) is 1. The Morgan fingerprint density at radius 3 is 1.59 bits per heavy atom. The first kappa shape index (κ1) is 53.7. The van der Waals surface area contributed by atoms with E-state index in [1.54, 1.807) is 21.1 Å². The molecule has 0 aromatic rings. The van der Waals surface area contributed by atoms with Crippen LogP contribution in [0.2, 0.25) is 0 Å². The summed E-state index contributed by atoms with van der Waals surface area (Å²) in [5.74, 6) is -1.90. The minimum absolute atomic E-state index is 0.00686. The molecule has 0 aromatic heterocycles. The van der Waals surface area contributed by atoms with Crippen LogP contribution in [0.5, 0.6) is 0 Å². The van der Waals surface area contributed by atoms with Crippen molar-refractivity contribution in [1.29, 1.82) is 0 Å². The van der Waals surface area contributed by atoms with Gasteiger partial charge in [0.1, 0.15) is 12.6 Å². The molecule has 0 rings (SSSR count). The van der Waals surface area contributed by atoms with E-state index < -0.39 is 24.1 Å². The summed E-state index contributed by atoms with van der Waals surface area (Å²) in [6.07, 6.45) is 55.2. The van der Waals surface area contributed by atoms with E-state index in [-0.39, 0.29) is 43.1 Å². The number of quaternary nitrogens is 1. The maximum absolute atomic E-state index is 12.7. The maximum Gasteiger partial charge on any atom is 0.306 e. The fourth-order valence-corrected chi connectivity index (χ4v) is 5.40. The largest absolute Gasteiger partial charge is 0.544 e. The van der Waals surface area contributed by atoms with E-state index in [1.807, 2.05) is 42.5 Å². The predicted octanol–water partition coefficient (Wildman–Crippen LogP) is 10.5. The van der Waals surface area contributed by atoms with Crippen molar-refractivity contribution in [3.8, 4) is 0 Å². The standard InChI is InChI=1S/C50H77NO7/c1-6-8-10-12-14-16-18-20-22-23-24-25-27-29-31-33-35-37-39-41-49(53)58-46(44-56-43-42-47(50(54)55)51(3,4)5)45-57-48(52)40-38-36-34-32-30-28-26-21-19-17-15-13-11-9-7-2/h8-11,13-17,19-22,24-26,29,31,35,37,46-47H,6-7,12,18,23,27-28,30,32-34,36,38-45H2,1-5H3/b10-8+,11-9+,15-13+,16-14+,19-17+,22-20+,25-24+,26-21+,31-29+,37-35+. The molecule has 2 atom stereocenters. The molecule has 0 radical (unpaired) electrons. The summed E-state index contributed by atoms with van der Waals surface area (Å²) >= 11 is 0. The van der Waals surface area contributed by atoms with Crippen molar-refractivity contribution in [1.82, 2.24) is 0 Å². The number of aliphatic carboxylic acids is 1. The van der Waals surface area contributed by atoms with Crippen molar-refractivity contribution in [3.05, 3.63) is 122 Å². The van der Waals surface area contributed by atoms with Crippen LogP contribution in [0.1, 0.15) is 123 Å². The van der Waals surface area contributed by atoms with Gasteiger partial charge in [-0.3, -0.25) is 9.59 Å². The molecular weight excluding hydrogens is 727 g/mol. The van der Waals surface area contributed by atoms with Crippen LogP contribution in [0.4, 0.5) is 0 Å². The molecule has 0 saturated carbocycles. The minimum Gasteiger partial charge on any atom is -0.544 e. The van der Waals surface area contributed by atoms with Crippen LogP contribution >= 0.6 is 0 Å². The smallest absolute Gasteiger partial charge is 0.306 e. The number of likely N-dealkylation sites (N-methyl/N-ethyl adjacent to an activating group) is 1. The fraction of sp³-hybridized carbons (Fsp3) is 0.540. The van der Waals surface area contributed by atoms with Crippen LogP contribution in [0.25, 0.3) is 0 Å². The summed E-state index contributed by atoms with van der Waals surface area (Å²) in [4.78, 5) is 36.8. The van der Waals surface area contributed by atoms with Crippen molar-refractivity contribution < 1.29 is 38.2 Å². The average Bonchev–Trinajstić information content (AvgIpc) is 3.18. The zero-order valence-corrected chi connectivity index (χ0v) is 36.6. The van der Waals surface area contributed by atoms with Gasteiger partial charge in [-0.2, -0.15) is 0 Å². The monoisotopic (exact) mass is 804 g/mol. The van der Waals surface area contributed by atoms with E-state index >= 15 is 0 Å². The summed E-state index contributed by atoms with van der Waals surface area (Å²) in [6, 6.07) is -0.751. The molecule has 324 valence electrons. The molecule has 0 bridgehead atoms. The van der Waals surface area contributed by atoms with Gasteiger partial charge in [-0.25, -0.2) is 0 Å². The highest BCUT2D eigenvalue weighted by Crippen LogP contribution is 2.11. The Kier molecular flexibility index (Phi) is 36.6. The Hall–Kier alpha value is -4.27. The van der Waals surface area contributed by atoms with Gasteiger partial charge >= 0.3 is 11.9 Å². The van der Waals surface area contributed by atoms with Gasteiger partial charge in [0.15, 0.2) is 6.10 Å². The SMILES string of the molecule is CC/C=C/C=C/C=C/C=C/CCCCCCCC(=O)OCC(COCCC(C(=O)[O-])[N+](C)(C)C)OC(=O)CC/C=C/C/C=C/C/C=C/C/C=C/C/C=C/C/C=C/CC. The van der Waals surface area contributed by atoms with Crippen molar-refractivity contribution in [3.63, 3.8) is 0 Å². The second kappa shape index (κ2) is 39.6. The van der Waals surface area contributed by atoms with Gasteiger partial charge < -0.3 is 28.6 Å². The number of rotatable bonds is 36. The Morgan fingerprint density at radius 2 is 1.03 bits per heavy atom. The average molecular weight is 804 g/mol. The fourth-order valence-electron chi connectivity index (χ4n) is 5.40. The zero-order chi connectivity index (χ0) is 42.8. The number of esters is 2. The molecule has 8 nitrogen and oxygen atoms in total. The lowest BCUT2D eigenvalue weighted by atomic mass is 10.1. The summed E-state index contributed by atoms with van der Waals surface area (Å²) < 4.78 is 17.0. The van der Waals surface area contributed by atoms with Gasteiger partial charge in [0.05, 0.1) is 40.3 Å². The molecule has 58 heavy (non-hydrogen) atoms. The lowest BCUT2D eigenvalue weighted by Crippen LogP contribution is -2.55. The Labute approximate surface area is 352 Å². The van der Waals surface area contributed by atoms with Gasteiger partial charge in [0, 0.05) is 19.3 Å². The van der Waals surface area contributed by atoms with Crippen molar-refractivity contribution in [2.75, 3.05) is 41.0 Å². The second-order valence-electron chi connectivity index (χ2n) is 14.9. The van der Waals surface area contributed by atoms with E-state index in [0.29, 0.717) is 12.8 Å². The minimum atomic E-state index is -1.15. The predicted molar refractivity (Wildman–Crippen MR) is 240 cm³/mol. The third-order valence-corrected chi connectivity index (χ3v) is 8.70. The molecule has 0 aliphatic heterocycles. The number of carboxylic acids is 1. The van der Waals surface area contributed by atoms with Crippen LogP contribution in [-0.4, -0.2) is 75.5 Å². The summed E-state index contributed by atoms with van der Waals surface area (Å²) in [6.45, 7) is 4.27. The highest BCUT2D eigenvalue weighted by molar-refractivity contribution is 5.70. The molecule has 0 aromatic carbocycles. The van der Waals surface area contributed by atoms with Crippen LogP contribution in [0.15, 0.2) is 122 Å². The topological polar surface area (TPSA) is 102 Å². The molecule has 0 amide bonds. The third kappa shape index (κ3) is 37.3. The first-order valence-corrected chi connectivity index (χ1v) is 21.6. The first-order chi connectivity index (χ1) is 28.1. The van der Waals surface area contributed by atoms with Gasteiger partial charge in [0.25, 0.3) is 0 Å². The molecule has 2 unspecified atom stereocenters. The Morgan fingerprint density at radius 1 is 0.534 bits per heavy atom. The van der Waals surface area contributed by atoms with Crippen molar-refractivity contribution in [2.24, 2.45) is 0 Å². The molecule has 8 heteroatoms. The highest BCUT2D eigenvalue weighted by atomic mass is 16.6. The zero-order valence-electron chi connectivity index (χ0n) is 36.6. The molecule has 0 fully saturated rings. The van der Waals surface area contributed by atoms with E-state index in [0.717, 1.165) is 83.5 Å². The number of carboxylic acid groups (broad SMARTS) is 1. The van der Waals surface area contributed by atoms with E-state index in [4.69, 9.17) is 14.2 Å². The number of carbonyl (C=O) groups is 3. The van der Waals surface area contributed by atoms with Gasteiger partial charge in [-0.1, -0.05) is 155 Å². The van der Waals surface area contributed by atoms with Gasteiger partial charge in [-0.15, -0.1) is 0 Å². The van der Waals surface area contributed by atoms with Crippen LogP contribution in [-0.2, 0) is 28.6 Å². The first-order valence-electron chi connectivity index (χ1n) is 21.6. The number of unbranched alkanes of at least 4 members (excludes halogenated alkanes) is 5. The summed E-state index contributed by atoms with van der Waals surface area (Å²) in [5.41, 5.74) is 0. The Bertz CT molecular complexity index is 1350. The number of hydrogen-bond donors (Lipinski definition) is 0. The second-order valence-corrected chi connectivity index (χ2v) is 14.9. The van der Waals surface area contributed by atoms with E-state index in [9.17, 15) is 19.5 Å². The number of hydrogen-bond acceptors (Lipinski definition) is 7. The van der Waals surface area contributed by atoms with Crippen LogP contribution in [0.3, 0.4) is 0 Å². The van der Waals surface area contributed by atoms with E-state index in [1.165, 1.54) is 0 Å². The van der Waals surface area contributed by atoms with Crippen molar-refractivity contribution in [2.45, 2.75) is 135 Å². The number of carbonyl (C=O) groups excluding carboxylic acids is 3. The number of ether oxygens (including phenoxy) is 3. The molecule has 0 N–H and O–H groups in total. The lowest BCUT2D eigenvalue weighted by Gasteiger charge is -2.34. The molecular formula is C50H77NO7. The summed E-state index contributed by atoms with van der Waals surface area (Å²) in [7, 11) is 5.35. The summed E-state index contributed by atoms with van der Waals surface area (Å²) in [5, 5.41) is 11.6. The Balaban J connectivity index is 4.56. The molecule has 0 spiro atoms. The van der Waals surface area contributed by atoms with Gasteiger partial charge in [-0.05, 0) is 70.6 Å². The maximum atomic E-state index is 12.7. The molecule has 0 heterocycles. The number of allylic oxidation sites excluding steroid dienone is 20.